The van der Waals surface area contributed by atoms with Gasteiger partial charge in [-0.1, -0.05) is 39.5 Å². The zero-order valence-electron chi connectivity index (χ0n) is 10.7. The van der Waals surface area contributed by atoms with Gasteiger partial charge in [0.25, 0.3) is 0 Å². The van der Waals surface area contributed by atoms with Crippen LogP contribution in [0.5, 0.6) is 0 Å². The Morgan fingerprint density at radius 1 is 1.44 bits per heavy atom. The van der Waals surface area contributed by atoms with Crippen LogP contribution in [0.15, 0.2) is 23.0 Å². The summed E-state index contributed by atoms with van der Waals surface area (Å²) in [6, 6.07) is 1.85. The highest BCUT2D eigenvalue weighted by Crippen LogP contribution is 2.31. The molecule has 2 heteroatoms. The minimum atomic E-state index is -0.749. The third kappa shape index (κ3) is 3.67. The maximum absolute atomic E-state index is 10.4. The molecule has 0 saturated carbocycles. The van der Waals surface area contributed by atoms with Gasteiger partial charge in [0.05, 0.1) is 18.1 Å². The summed E-state index contributed by atoms with van der Waals surface area (Å²) in [6.45, 7) is 6.29. The number of rotatable bonds is 7. The first kappa shape index (κ1) is 13.3. The van der Waals surface area contributed by atoms with Crippen LogP contribution in [0, 0.1) is 5.92 Å². The summed E-state index contributed by atoms with van der Waals surface area (Å²) < 4.78 is 5.04. The molecule has 0 aromatic carbocycles. The SMILES string of the molecule is CCCCC(CC)CC(C)(O)c1ccoc1. The van der Waals surface area contributed by atoms with Crippen LogP contribution in [0.3, 0.4) is 0 Å². The van der Waals surface area contributed by atoms with E-state index >= 15 is 0 Å². The molecule has 0 aliphatic rings. The third-order valence-corrected chi connectivity index (χ3v) is 3.37. The van der Waals surface area contributed by atoms with Crippen molar-refractivity contribution in [1.82, 2.24) is 0 Å². The fourth-order valence-electron chi connectivity index (χ4n) is 2.19. The Morgan fingerprint density at radius 3 is 2.69 bits per heavy atom. The van der Waals surface area contributed by atoms with E-state index in [2.05, 4.69) is 13.8 Å². The summed E-state index contributed by atoms with van der Waals surface area (Å²) in [4.78, 5) is 0. The number of unbranched alkanes of at least 4 members (excludes halogenated alkanes) is 1. The van der Waals surface area contributed by atoms with Gasteiger partial charge in [-0.2, -0.15) is 0 Å². The average Bonchev–Trinajstić information content (AvgIpc) is 2.78. The smallest absolute Gasteiger partial charge is 0.0963 e. The molecular formula is C14H24O2. The molecule has 1 N–H and O–H groups in total. The molecular weight excluding hydrogens is 200 g/mol. The first-order valence-electron chi connectivity index (χ1n) is 6.35. The van der Waals surface area contributed by atoms with Gasteiger partial charge < -0.3 is 9.52 Å². The van der Waals surface area contributed by atoms with Crippen LogP contribution in [0.2, 0.25) is 0 Å². The van der Waals surface area contributed by atoms with Crippen molar-refractivity contribution < 1.29 is 9.52 Å². The number of hydrogen-bond acceptors (Lipinski definition) is 2. The largest absolute Gasteiger partial charge is 0.472 e. The molecule has 1 heterocycles. The molecule has 2 nitrogen and oxygen atoms in total. The van der Waals surface area contributed by atoms with Crippen LogP contribution in [-0.2, 0) is 5.60 Å². The van der Waals surface area contributed by atoms with Crippen LogP contribution < -0.4 is 0 Å². The van der Waals surface area contributed by atoms with E-state index in [1.54, 1.807) is 12.5 Å². The lowest BCUT2D eigenvalue weighted by Gasteiger charge is -2.27. The van der Waals surface area contributed by atoms with Gasteiger partial charge in [0.1, 0.15) is 0 Å². The van der Waals surface area contributed by atoms with Gasteiger partial charge in [-0.25, -0.2) is 0 Å². The first-order chi connectivity index (χ1) is 7.60. The maximum atomic E-state index is 10.4. The summed E-state index contributed by atoms with van der Waals surface area (Å²) in [5.74, 6) is 0.602. The first-order valence-corrected chi connectivity index (χ1v) is 6.35. The van der Waals surface area contributed by atoms with Crippen molar-refractivity contribution in [3.8, 4) is 0 Å². The number of furan rings is 1. The molecule has 92 valence electrons. The van der Waals surface area contributed by atoms with Crippen molar-refractivity contribution in [2.24, 2.45) is 5.92 Å². The van der Waals surface area contributed by atoms with Gasteiger partial charge >= 0.3 is 0 Å². The van der Waals surface area contributed by atoms with Crippen molar-refractivity contribution in [2.75, 3.05) is 0 Å². The minimum absolute atomic E-state index is 0.602. The van der Waals surface area contributed by atoms with Crippen LogP contribution >= 0.6 is 0 Å². The Bertz CT molecular complexity index is 275. The van der Waals surface area contributed by atoms with E-state index in [1.807, 2.05) is 13.0 Å². The van der Waals surface area contributed by atoms with E-state index in [4.69, 9.17) is 4.42 Å². The Hall–Kier alpha value is -0.760. The molecule has 0 aliphatic carbocycles. The maximum Gasteiger partial charge on any atom is 0.0963 e. The van der Waals surface area contributed by atoms with Crippen LogP contribution in [-0.4, -0.2) is 5.11 Å². The molecule has 0 amide bonds. The Labute approximate surface area is 98.7 Å². The predicted octanol–water partition coefficient (Wildman–Crippen LogP) is 4.09. The van der Waals surface area contributed by atoms with Gasteiger partial charge in [0.2, 0.25) is 0 Å². The fourth-order valence-corrected chi connectivity index (χ4v) is 2.19. The van der Waals surface area contributed by atoms with E-state index in [0.717, 1.165) is 18.4 Å². The Morgan fingerprint density at radius 2 is 2.19 bits per heavy atom. The zero-order valence-corrected chi connectivity index (χ0v) is 10.7. The molecule has 0 saturated heterocycles. The summed E-state index contributed by atoms with van der Waals surface area (Å²) in [6.07, 6.45) is 8.91. The normalized spacial score (nSPS) is 17.0. The van der Waals surface area contributed by atoms with Gasteiger partial charge in [0, 0.05) is 5.56 Å². The quantitative estimate of drug-likeness (QED) is 0.756. The van der Waals surface area contributed by atoms with Gasteiger partial charge in [-0.15, -0.1) is 0 Å². The van der Waals surface area contributed by atoms with E-state index in [9.17, 15) is 5.11 Å². The van der Waals surface area contributed by atoms with E-state index in [1.165, 1.54) is 19.3 Å². The lowest BCUT2D eigenvalue weighted by molar-refractivity contribution is 0.0270. The highest BCUT2D eigenvalue weighted by Gasteiger charge is 2.27. The van der Waals surface area contributed by atoms with E-state index in [-0.39, 0.29) is 0 Å². The average molecular weight is 224 g/mol. The molecule has 16 heavy (non-hydrogen) atoms. The van der Waals surface area contributed by atoms with E-state index < -0.39 is 5.60 Å². The van der Waals surface area contributed by atoms with Crippen LogP contribution in [0.25, 0.3) is 0 Å². The lowest BCUT2D eigenvalue weighted by Crippen LogP contribution is -2.24. The van der Waals surface area contributed by atoms with Crippen molar-refractivity contribution >= 4 is 0 Å². The molecule has 1 aromatic rings. The highest BCUT2D eigenvalue weighted by atomic mass is 16.3. The molecule has 2 atom stereocenters. The number of hydrogen-bond donors (Lipinski definition) is 1. The van der Waals surface area contributed by atoms with Crippen molar-refractivity contribution in [3.63, 3.8) is 0 Å². The van der Waals surface area contributed by atoms with Crippen molar-refractivity contribution in [2.45, 2.75) is 58.5 Å². The van der Waals surface area contributed by atoms with Crippen LogP contribution in [0.1, 0.15) is 58.4 Å². The van der Waals surface area contributed by atoms with Crippen molar-refractivity contribution in [3.05, 3.63) is 24.2 Å². The summed E-state index contributed by atoms with van der Waals surface area (Å²) in [5.41, 5.74) is 0.143. The van der Waals surface area contributed by atoms with Gasteiger partial charge in [-0.3, -0.25) is 0 Å². The third-order valence-electron chi connectivity index (χ3n) is 3.37. The summed E-state index contributed by atoms with van der Waals surface area (Å²) in [5, 5.41) is 10.4. The monoisotopic (exact) mass is 224 g/mol. The summed E-state index contributed by atoms with van der Waals surface area (Å²) in [7, 11) is 0. The van der Waals surface area contributed by atoms with E-state index in [0.29, 0.717) is 5.92 Å². The minimum Gasteiger partial charge on any atom is -0.472 e. The van der Waals surface area contributed by atoms with Crippen molar-refractivity contribution in [1.29, 1.82) is 0 Å². The highest BCUT2D eigenvalue weighted by molar-refractivity contribution is 5.14. The Kier molecular flexibility index (Phi) is 5.07. The second-order valence-electron chi connectivity index (χ2n) is 4.91. The van der Waals surface area contributed by atoms with Gasteiger partial charge in [0.15, 0.2) is 0 Å². The number of aliphatic hydroxyl groups is 1. The molecule has 0 fully saturated rings. The fraction of sp³-hybridized carbons (Fsp3) is 0.714. The standard InChI is InChI=1S/C14H24O2/c1-4-6-7-12(5-2)10-14(3,15)13-8-9-16-11-13/h8-9,11-12,15H,4-7,10H2,1-3H3. The van der Waals surface area contributed by atoms with Gasteiger partial charge in [-0.05, 0) is 25.3 Å². The molecule has 0 radical (unpaired) electrons. The molecule has 2 unspecified atom stereocenters. The summed E-state index contributed by atoms with van der Waals surface area (Å²) >= 11 is 0. The molecule has 1 aromatic heterocycles. The van der Waals surface area contributed by atoms with Crippen LogP contribution in [0.4, 0.5) is 0 Å². The molecule has 0 spiro atoms. The molecule has 1 rings (SSSR count). The second-order valence-corrected chi connectivity index (χ2v) is 4.91. The second kappa shape index (κ2) is 6.09. The molecule has 0 aliphatic heterocycles. The topological polar surface area (TPSA) is 33.4 Å². The molecule has 0 bridgehead atoms. The predicted molar refractivity (Wildman–Crippen MR) is 66.2 cm³/mol. The Balaban J connectivity index is 2.56. The zero-order chi connectivity index (χ0) is 12.0. The lowest BCUT2D eigenvalue weighted by atomic mass is 9.84.